The van der Waals surface area contributed by atoms with Gasteiger partial charge in [-0.1, -0.05) is 0 Å². The van der Waals surface area contributed by atoms with Crippen LogP contribution in [0.25, 0.3) is 0 Å². The lowest BCUT2D eigenvalue weighted by molar-refractivity contribution is 0.0952. The minimum Gasteiger partial charge on any atom is -0.398 e. The number of rotatable bonds is 3. The van der Waals surface area contributed by atoms with Gasteiger partial charge in [0.2, 0.25) is 0 Å². The van der Waals surface area contributed by atoms with E-state index in [-0.39, 0.29) is 11.3 Å². The van der Waals surface area contributed by atoms with Crippen LogP contribution in [0.4, 0.5) is 14.5 Å². The van der Waals surface area contributed by atoms with Gasteiger partial charge in [-0.25, -0.2) is 8.78 Å². The third-order valence-corrected chi connectivity index (χ3v) is 2.59. The van der Waals surface area contributed by atoms with E-state index in [1.165, 1.54) is 0 Å². The molecule has 16 heavy (non-hydrogen) atoms. The molecule has 0 atom stereocenters. The molecule has 0 unspecified atom stereocenters. The van der Waals surface area contributed by atoms with E-state index >= 15 is 0 Å². The maximum atomic E-state index is 12.9. The number of nitrogens with one attached hydrogen (secondary N) is 1. The summed E-state index contributed by atoms with van der Waals surface area (Å²) >= 11 is 0. The molecule has 1 aromatic rings. The van der Waals surface area contributed by atoms with Gasteiger partial charge in [-0.2, -0.15) is 0 Å². The lowest BCUT2D eigenvalue weighted by Crippen LogP contribution is -2.26. The van der Waals surface area contributed by atoms with Gasteiger partial charge >= 0.3 is 0 Å². The van der Waals surface area contributed by atoms with Gasteiger partial charge in [-0.05, 0) is 24.8 Å². The Balaban J connectivity index is 2.11. The molecule has 0 aliphatic heterocycles. The Hall–Kier alpha value is -1.65. The number of amides is 1. The molecule has 0 spiro atoms. The smallest absolute Gasteiger partial charge is 0.253 e. The second-order valence-electron chi connectivity index (χ2n) is 4.01. The number of halogens is 2. The van der Waals surface area contributed by atoms with Gasteiger partial charge in [0.05, 0.1) is 5.56 Å². The third kappa shape index (κ3) is 2.29. The largest absolute Gasteiger partial charge is 0.398 e. The van der Waals surface area contributed by atoms with Gasteiger partial charge in [0.1, 0.15) is 0 Å². The van der Waals surface area contributed by atoms with E-state index in [2.05, 4.69) is 5.32 Å². The Morgan fingerprint density at radius 2 is 2.00 bits per heavy atom. The van der Waals surface area contributed by atoms with E-state index in [4.69, 9.17) is 5.73 Å². The highest BCUT2D eigenvalue weighted by Gasteiger charge is 2.22. The van der Waals surface area contributed by atoms with Crippen LogP contribution in [0.15, 0.2) is 12.1 Å². The minimum atomic E-state index is -1.06. The number of carbonyl (C=O) groups excluding carboxylic acids is 1. The molecule has 1 aromatic carbocycles. The van der Waals surface area contributed by atoms with Crippen molar-refractivity contribution in [3.05, 3.63) is 29.3 Å². The van der Waals surface area contributed by atoms with Crippen molar-refractivity contribution in [1.29, 1.82) is 0 Å². The monoisotopic (exact) mass is 226 g/mol. The van der Waals surface area contributed by atoms with Crippen molar-refractivity contribution in [2.24, 2.45) is 5.92 Å². The second-order valence-corrected chi connectivity index (χ2v) is 4.01. The molecule has 0 aromatic heterocycles. The SMILES string of the molecule is Nc1cc(F)c(F)cc1C(=O)NCC1CC1. The fraction of sp³-hybridized carbons (Fsp3) is 0.364. The lowest BCUT2D eigenvalue weighted by atomic mass is 10.1. The highest BCUT2D eigenvalue weighted by atomic mass is 19.2. The molecular weight excluding hydrogens is 214 g/mol. The fourth-order valence-corrected chi connectivity index (χ4v) is 1.41. The molecule has 0 radical (unpaired) electrons. The number of anilines is 1. The first-order chi connectivity index (χ1) is 7.58. The molecule has 3 nitrogen and oxygen atoms in total. The summed E-state index contributed by atoms with van der Waals surface area (Å²) in [4.78, 5) is 11.6. The summed E-state index contributed by atoms with van der Waals surface area (Å²) in [5, 5.41) is 2.64. The minimum absolute atomic E-state index is 0.0143. The van der Waals surface area contributed by atoms with Crippen LogP contribution in [0, 0.1) is 17.6 Å². The van der Waals surface area contributed by atoms with Crippen LogP contribution < -0.4 is 11.1 Å². The standard InChI is InChI=1S/C11H12F2N2O/c12-8-3-7(10(14)4-9(8)13)11(16)15-5-6-1-2-6/h3-4,6H,1-2,5,14H2,(H,15,16). The quantitative estimate of drug-likeness (QED) is 0.770. The molecule has 1 saturated carbocycles. The van der Waals surface area contributed by atoms with Crippen LogP contribution in [0.3, 0.4) is 0 Å². The van der Waals surface area contributed by atoms with Gasteiger partial charge in [0, 0.05) is 18.3 Å². The van der Waals surface area contributed by atoms with Crippen LogP contribution in [-0.4, -0.2) is 12.5 Å². The lowest BCUT2D eigenvalue weighted by Gasteiger charge is -2.07. The van der Waals surface area contributed by atoms with Crippen molar-refractivity contribution in [3.8, 4) is 0 Å². The zero-order valence-corrected chi connectivity index (χ0v) is 8.59. The Bertz CT molecular complexity index is 430. The summed E-state index contributed by atoms with van der Waals surface area (Å²) in [6.07, 6.45) is 2.21. The Labute approximate surface area is 91.6 Å². The van der Waals surface area contributed by atoms with Crippen molar-refractivity contribution in [2.75, 3.05) is 12.3 Å². The number of hydrogen-bond donors (Lipinski definition) is 2. The predicted octanol–water partition coefficient (Wildman–Crippen LogP) is 1.69. The molecule has 5 heteroatoms. The van der Waals surface area contributed by atoms with E-state index in [1.807, 2.05) is 0 Å². The molecule has 3 N–H and O–H groups in total. The summed E-state index contributed by atoms with van der Waals surface area (Å²) in [5.74, 6) is -2.04. The summed E-state index contributed by atoms with van der Waals surface area (Å²) in [7, 11) is 0. The maximum Gasteiger partial charge on any atom is 0.253 e. The topological polar surface area (TPSA) is 55.1 Å². The van der Waals surface area contributed by atoms with Gasteiger partial charge in [-0.15, -0.1) is 0 Å². The first kappa shape index (κ1) is 10.9. The van der Waals surface area contributed by atoms with Gasteiger partial charge in [-0.3, -0.25) is 4.79 Å². The summed E-state index contributed by atoms with van der Waals surface area (Å²) < 4.78 is 25.7. The molecule has 0 saturated heterocycles. The maximum absolute atomic E-state index is 12.9. The van der Waals surface area contributed by atoms with E-state index < -0.39 is 17.5 Å². The van der Waals surface area contributed by atoms with Gasteiger partial charge in [0.25, 0.3) is 5.91 Å². The molecule has 0 bridgehead atoms. The van der Waals surface area contributed by atoms with Crippen LogP contribution in [-0.2, 0) is 0 Å². The molecule has 1 aliphatic carbocycles. The molecule has 2 rings (SSSR count). The van der Waals surface area contributed by atoms with E-state index in [9.17, 15) is 13.6 Å². The van der Waals surface area contributed by atoms with E-state index in [0.717, 1.165) is 25.0 Å². The molecule has 1 aliphatic rings. The average Bonchev–Trinajstić information content (AvgIpc) is 3.03. The first-order valence-corrected chi connectivity index (χ1v) is 5.10. The van der Waals surface area contributed by atoms with Crippen molar-refractivity contribution >= 4 is 11.6 Å². The van der Waals surface area contributed by atoms with Crippen LogP contribution in [0.2, 0.25) is 0 Å². The van der Waals surface area contributed by atoms with Crippen LogP contribution in [0.5, 0.6) is 0 Å². The van der Waals surface area contributed by atoms with Crippen LogP contribution >= 0.6 is 0 Å². The summed E-state index contributed by atoms with van der Waals surface area (Å²) in [6, 6.07) is 1.65. The Morgan fingerprint density at radius 3 is 2.62 bits per heavy atom. The zero-order chi connectivity index (χ0) is 11.7. The number of nitrogen functional groups attached to an aromatic ring is 1. The Morgan fingerprint density at radius 1 is 1.38 bits per heavy atom. The fourth-order valence-electron chi connectivity index (χ4n) is 1.41. The van der Waals surface area contributed by atoms with Gasteiger partial charge in [0.15, 0.2) is 11.6 Å². The van der Waals surface area contributed by atoms with Gasteiger partial charge < -0.3 is 11.1 Å². The van der Waals surface area contributed by atoms with Crippen molar-refractivity contribution in [2.45, 2.75) is 12.8 Å². The van der Waals surface area contributed by atoms with E-state index in [1.54, 1.807) is 0 Å². The van der Waals surface area contributed by atoms with Crippen molar-refractivity contribution < 1.29 is 13.6 Å². The third-order valence-electron chi connectivity index (χ3n) is 2.59. The predicted molar refractivity (Wildman–Crippen MR) is 55.8 cm³/mol. The Kier molecular flexibility index (Phi) is 2.77. The molecule has 0 heterocycles. The zero-order valence-electron chi connectivity index (χ0n) is 8.59. The van der Waals surface area contributed by atoms with Crippen molar-refractivity contribution in [1.82, 2.24) is 5.32 Å². The van der Waals surface area contributed by atoms with E-state index in [0.29, 0.717) is 12.5 Å². The summed E-state index contributed by atoms with van der Waals surface area (Å²) in [5.41, 5.74) is 5.38. The van der Waals surface area contributed by atoms with Crippen molar-refractivity contribution in [3.63, 3.8) is 0 Å². The molecule has 1 amide bonds. The molecule has 86 valence electrons. The number of carbonyl (C=O) groups is 1. The highest BCUT2D eigenvalue weighted by molar-refractivity contribution is 5.99. The summed E-state index contributed by atoms with van der Waals surface area (Å²) in [6.45, 7) is 0.567. The normalized spacial score (nSPS) is 14.9. The molecule has 1 fully saturated rings. The number of nitrogens with two attached hydrogens (primary N) is 1. The molecular formula is C11H12F2N2O. The first-order valence-electron chi connectivity index (χ1n) is 5.10. The van der Waals surface area contributed by atoms with Crippen LogP contribution in [0.1, 0.15) is 23.2 Å². The number of benzene rings is 1. The number of hydrogen-bond acceptors (Lipinski definition) is 2. The second kappa shape index (κ2) is 4.08. The average molecular weight is 226 g/mol. The highest BCUT2D eigenvalue weighted by Crippen LogP contribution is 2.27.